The number of hydrogen-bond acceptors (Lipinski definition) is 3. The predicted molar refractivity (Wildman–Crippen MR) is 134 cm³/mol. The minimum Gasteiger partial charge on any atom is -0.396 e. The highest BCUT2D eigenvalue weighted by Gasteiger charge is 2.82. The van der Waals surface area contributed by atoms with Gasteiger partial charge in [-0.2, -0.15) is 0 Å². The zero-order valence-corrected chi connectivity index (χ0v) is 22.4. The fourth-order valence-corrected chi connectivity index (χ4v) is 11.3. The summed E-state index contributed by atoms with van der Waals surface area (Å²) >= 11 is 0. The minimum atomic E-state index is -0.338. The van der Waals surface area contributed by atoms with Gasteiger partial charge in [0.2, 0.25) is 0 Å². The van der Waals surface area contributed by atoms with Crippen molar-refractivity contribution in [3.05, 3.63) is 0 Å². The van der Waals surface area contributed by atoms with E-state index in [1.54, 1.807) is 0 Å². The molecule has 5 aliphatic rings. The van der Waals surface area contributed by atoms with Gasteiger partial charge in [-0.3, -0.25) is 0 Å². The monoisotopic (exact) mass is 460 g/mol. The minimum absolute atomic E-state index is 0.137. The Morgan fingerprint density at radius 3 is 2.12 bits per heavy atom. The van der Waals surface area contributed by atoms with Crippen LogP contribution in [0.15, 0.2) is 0 Å². The molecular formula is C30H52O3. The SMILES string of the molecule is CC(C)[C@H](O)CC[C@@H](C)[C@H]1CC[C@@]2(C)[C@@H]3CC[C@H]4[C@](C)(CO)[C@@H](O)CC[C@@]45C[C@@]35CC[C@]12C. The Bertz CT molecular complexity index is 766. The van der Waals surface area contributed by atoms with Crippen molar-refractivity contribution in [2.24, 2.45) is 56.7 Å². The molecule has 0 heterocycles. The average Bonchev–Trinajstić information content (AvgIpc) is 3.37. The largest absolute Gasteiger partial charge is 0.396 e. The van der Waals surface area contributed by atoms with Crippen molar-refractivity contribution in [3.63, 3.8) is 0 Å². The van der Waals surface area contributed by atoms with Gasteiger partial charge in [-0.15, -0.1) is 0 Å². The summed E-state index contributed by atoms with van der Waals surface area (Å²) < 4.78 is 0. The summed E-state index contributed by atoms with van der Waals surface area (Å²) in [5.41, 5.74) is 1.39. The highest BCUT2D eigenvalue weighted by atomic mass is 16.3. The van der Waals surface area contributed by atoms with Crippen LogP contribution in [0.1, 0.15) is 112 Å². The molecule has 0 radical (unpaired) electrons. The van der Waals surface area contributed by atoms with Gasteiger partial charge in [-0.05, 0) is 122 Å². The van der Waals surface area contributed by atoms with E-state index < -0.39 is 0 Å². The molecular weight excluding hydrogens is 408 g/mol. The van der Waals surface area contributed by atoms with Crippen LogP contribution >= 0.6 is 0 Å². The van der Waals surface area contributed by atoms with Crippen molar-refractivity contribution in [1.29, 1.82) is 0 Å². The molecule has 5 fully saturated rings. The summed E-state index contributed by atoms with van der Waals surface area (Å²) in [7, 11) is 0. The summed E-state index contributed by atoms with van der Waals surface area (Å²) in [6.45, 7) is 14.4. The number of rotatable bonds is 6. The standard InChI is InChI=1S/C30H52O3/c1-19(2)22(32)8-7-20(3)21-11-13-28(6)24-10-9-23-26(4,18-31)25(33)12-14-29(23)17-30(24,29)16-15-27(21,28)5/h19-25,31-33H,7-18H2,1-6H3/t20-,21-,22-,23+,24+,25+,26+,27-,28+,29-,30+/m1/s1. The van der Waals surface area contributed by atoms with E-state index in [1.165, 1.54) is 51.4 Å². The predicted octanol–water partition coefficient (Wildman–Crippen LogP) is 6.19. The van der Waals surface area contributed by atoms with Gasteiger partial charge in [0.15, 0.2) is 0 Å². The highest BCUT2D eigenvalue weighted by molar-refractivity contribution is 5.30. The maximum absolute atomic E-state index is 10.9. The molecule has 0 saturated heterocycles. The molecule has 5 saturated carbocycles. The molecule has 5 aliphatic carbocycles. The second-order valence-corrected chi connectivity index (χ2v) is 14.7. The molecule has 0 aromatic rings. The van der Waals surface area contributed by atoms with E-state index in [1.807, 2.05) is 0 Å². The quantitative estimate of drug-likeness (QED) is 0.443. The molecule has 11 atom stereocenters. The first-order valence-electron chi connectivity index (χ1n) is 14.4. The van der Waals surface area contributed by atoms with Crippen LogP contribution in [-0.4, -0.2) is 34.1 Å². The number of hydrogen-bond donors (Lipinski definition) is 3. The fraction of sp³-hybridized carbons (Fsp3) is 1.00. The van der Waals surface area contributed by atoms with Crippen LogP contribution in [0.2, 0.25) is 0 Å². The van der Waals surface area contributed by atoms with Gasteiger partial charge < -0.3 is 15.3 Å². The van der Waals surface area contributed by atoms with Crippen molar-refractivity contribution < 1.29 is 15.3 Å². The van der Waals surface area contributed by atoms with E-state index >= 15 is 0 Å². The van der Waals surface area contributed by atoms with Gasteiger partial charge in [0, 0.05) is 5.41 Å². The Morgan fingerprint density at radius 2 is 1.45 bits per heavy atom. The van der Waals surface area contributed by atoms with Crippen LogP contribution in [0.4, 0.5) is 0 Å². The highest BCUT2D eigenvalue weighted by Crippen LogP contribution is 2.89. The number of fused-ring (bicyclic) bond motifs is 2. The van der Waals surface area contributed by atoms with Crippen LogP contribution in [-0.2, 0) is 0 Å². The lowest BCUT2D eigenvalue weighted by Gasteiger charge is -2.63. The average molecular weight is 461 g/mol. The molecule has 0 unspecified atom stereocenters. The molecule has 2 spiro atoms. The van der Waals surface area contributed by atoms with E-state index in [0.29, 0.717) is 39.4 Å². The smallest absolute Gasteiger partial charge is 0.0618 e. The lowest BCUT2D eigenvalue weighted by Crippen LogP contribution is -2.59. The Hall–Kier alpha value is -0.120. The molecule has 0 amide bonds. The maximum Gasteiger partial charge on any atom is 0.0618 e. The summed E-state index contributed by atoms with van der Waals surface area (Å²) in [4.78, 5) is 0. The van der Waals surface area contributed by atoms with Crippen molar-refractivity contribution in [1.82, 2.24) is 0 Å². The van der Waals surface area contributed by atoms with E-state index in [9.17, 15) is 15.3 Å². The molecule has 3 nitrogen and oxygen atoms in total. The first kappa shape index (κ1) is 24.6. The van der Waals surface area contributed by atoms with Gasteiger partial charge in [0.25, 0.3) is 0 Å². The maximum atomic E-state index is 10.9. The Kier molecular flexibility index (Phi) is 5.72. The lowest BCUT2D eigenvalue weighted by molar-refractivity contribution is -0.174. The van der Waals surface area contributed by atoms with Gasteiger partial charge in [-0.1, -0.05) is 41.5 Å². The van der Waals surface area contributed by atoms with Crippen LogP contribution < -0.4 is 0 Å². The van der Waals surface area contributed by atoms with Crippen LogP contribution in [0.3, 0.4) is 0 Å². The zero-order chi connectivity index (χ0) is 24.0. The van der Waals surface area contributed by atoms with Crippen molar-refractivity contribution in [2.75, 3.05) is 6.61 Å². The van der Waals surface area contributed by atoms with E-state index in [0.717, 1.165) is 31.1 Å². The molecule has 190 valence electrons. The number of aliphatic hydroxyl groups excluding tert-OH is 3. The second-order valence-electron chi connectivity index (χ2n) is 14.7. The van der Waals surface area contributed by atoms with Crippen molar-refractivity contribution in [3.8, 4) is 0 Å². The molecule has 0 bridgehead atoms. The second kappa shape index (κ2) is 7.69. The molecule has 0 aromatic heterocycles. The van der Waals surface area contributed by atoms with E-state index in [4.69, 9.17) is 0 Å². The third-order valence-corrected chi connectivity index (χ3v) is 13.7. The Morgan fingerprint density at radius 1 is 0.788 bits per heavy atom. The third-order valence-electron chi connectivity index (χ3n) is 13.7. The van der Waals surface area contributed by atoms with Gasteiger partial charge >= 0.3 is 0 Å². The lowest BCUT2D eigenvalue weighted by atomic mass is 9.41. The molecule has 0 aliphatic heterocycles. The molecule has 3 heteroatoms. The Balaban J connectivity index is 1.39. The van der Waals surface area contributed by atoms with E-state index in [-0.39, 0.29) is 24.2 Å². The van der Waals surface area contributed by atoms with Gasteiger partial charge in [0.1, 0.15) is 0 Å². The van der Waals surface area contributed by atoms with E-state index in [2.05, 4.69) is 41.5 Å². The third kappa shape index (κ3) is 2.97. The van der Waals surface area contributed by atoms with Crippen LogP contribution in [0.25, 0.3) is 0 Å². The summed E-state index contributed by atoms with van der Waals surface area (Å²) in [5, 5.41) is 31.7. The molecule has 0 aromatic carbocycles. The summed E-state index contributed by atoms with van der Waals surface area (Å²) in [6, 6.07) is 0. The van der Waals surface area contributed by atoms with Gasteiger partial charge in [0.05, 0.1) is 18.8 Å². The molecule has 5 rings (SSSR count). The van der Waals surface area contributed by atoms with Crippen molar-refractivity contribution in [2.45, 2.75) is 124 Å². The first-order chi connectivity index (χ1) is 15.4. The van der Waals surface area contributed by atoms with Crippen molar-refractivity contribution >= 4 is 0 Å². The van der Waals surface area contributed by atoms with Crippen LogP contribution in [0.5, 0.6) is 0 Å². The number of aliphatic hydroxyl groups is 3. The van der Waals surface area contributed by atoms with Crippen LogP contribution in [0, 0.1) is 56.7 Å². The topological polar surface area (TPSA) is 60.7 Å². The summed E-state index contributed by atoms with van der Waals surface area (Å²) in [5.74, 6) is 3.14. The Labute approximate surface area is 203 Å². The summed E-state index contributed by atoms with van der Waals surface area (Å²) in [6.07, 6.45) is 13.0. The first-order valence-corrected chi connectivity index (χ1v) is 14.4. The van der Waals surface area contributed by atoms with Gasteiger partial charge in [-0.25, -0.2) is 0 Å². The normalized spacial score (nSPS) is 54.7. The molecule has 3 N–H and O–H groups in total. The fourth-order valence-electron chi connectivity index (χ4n) is 11.3. The zero-order valence-electron chi connectivity index (χ0n) is 22.4. The molecule has 33 heavy (non-hydrogen) atoms.